The van der Waals surface area contributed by atoms with Crippen LogP contribution >= 0.6 is 0 Å². The van der Waals surface area contributed by atoms with Gasteiger partial charge >= 0.3 is 0 Å². The van der Waals surface area contributed by atoms with Gasteiger partial charge in [0.25, 0.3) is 0 Å². The van der Waals surface area contributed by atoms with Crippen LogP contribution in [0.3, 0.4) is 0 Å². The summed E-state index contributed by atoms with van der Waals surface area (Å²) < 4.78 is 5.52. The smallest absolute Gasteiger partial charge is 0.0593 e. The van der Waals surface area contributed by atoms with Gasteiger partial charge in [0.1, 0.15) is 0 Å². The lowest BCUT2D eigenvalue weighted by Crippen LogP contribution is -2.56. The van der Waals surface area contributed by atoms with E-state index in [1.165, 1.54) is 25.7 Å². The largest absolute Gasteiger partial charge is 0.380 e. The maximum absolute atomic E-state index is 6.16. The third-order valence-electron chi connectivity index (χ3n) is 5.05. The lowest BCUT2D eigenvalue weighted by molar-refractivity contribution is 0.0146. The summed E-state index contributed by atoms with van der Waals surface area (Å²) in [6.45, 7) is 13.5. The Labute approximate surface area is 119 Å². The summed E-state index contributed by atoms with van der Waals surface area (Å²) in [4.78, 5) is 2.57. The molecular weight excluding hydrogens is 236 g/mol. The average molecular weight is 270 g/mol. The molecule has 1 rings (SSSR count). The quantitative estimate of drug-likeness (QED) is 0.689. The van der Waals surface area contributed by atoms with E-state index in [0.29, 0.717) is 0 Å². The van der Waals surface area contributed by atoms with Gasteiger partial charge in [0.05, 0.1) is 6.61 Å². The number of ether oxygens (including phenoxy) is 1. The van der Waals surface area contributed by atoms with E-state index in [1.54, 1.807) is 0 Å². The molecule has 0 radical (unpaired) electrons. The standard InChI is InChI=1S/C16H34N2O/c1-5-18(11-12-19-6-2)16(13-17)9-7-15(8-10-16)14(3)4/h14-15H,5-13,17H2,1-4H3. The van der Waals surface area contributed by atoms with Crippen molar-refractivity contribution >= 4 is 0 Å². The molecule has 3 nitrogen and oxygen atoms in total. The molecule has 1 aliphatic carbocycles. The van der Waals surface area contributed by atoms with Crippen molar-refractivity contribution in [1.82, 2.24) is 4.90 Å². The van der Waals surface area contributed by atoms with Gasteiger partial charge in [-0.05, 0) is 51.0 Å². The fourth-order valence-electron chi connectivity index (χ4n) is 3.54. The van der Waals surface area contributed by atoms with Crippen molar-refractivity contribution in [2.24, 2.45) is 17.6 Å². The maximum Gasteiger partial charge on any atom is 0.0593 e. The van der Waals surface area contributed by atoms with Gasteiger partial charge in [0.15, 0.2) is 0 Å². The lowest BCUT2D eigenvalue weighted by atomic mass is 9.72. The molecule has 1 fully saturated rings. The summed E-state index contributed by atoms with van der Waals surface area (Å²) in [5.41, 5.74) is 6.39. The Balaban J connectivity index is 2.58. The zero-order valence-corrected chi connectivity index (χ0v) is 13.5. The number of hydrogen-bond acceptors (Lipinski definition) is 3. The van der Waals surface area contributed by atoms with Crippen molar-refractivity contribution in [1.29, 1.82) is 0 Å². The van der Waals surface area contributed by atoms with E-state index in [2.05, 4.69) is 32.6 Å². The van der Waals surface area contributed by atoms with Crippen LogP contribution in [0.25, 0.3) is 0 Å². The third-order valence-corrected chi connectivity index (χ3v) is 5.05. The molecule has 3 heteroatoms. The highest BCUT2D eigenvalue weighted by atomic mass is 16.5. The third kappa shape index (κ3) is 4.44. The van der Waals surface area contributed by atoms with Crippen molar-refractivity contribution in [3.63, 3.8) is 0 Å². The van der Waals surface area contributed by atoms with Crippen molar-refractivity contribution in [2.75, 3.05) is 32.8 Å². The van der Waals surface area contributed by atoms with Crippen LogP contribution in [0, 0.1) is 11.8 Å². The summed E-state index contributed by atoms with van der Waals surface area (Å²) in [6.07, 6.45) is 5.18. The van der Waals surface area contributed by atoms with Crippen LogP contribution in [0.4, 0.5) is 0 Å². The van der Waals surface area contributed by atoms with Crippen molar-refractivity contribution < 1.29 is 4.74 Å². The van der Waals surface area contributed by atoms with Crippen LogP contribution < -0.4 is 5.73 Å². The summed E-state index contributed by atoms with van der Waals surface area (Å²) in [7, 11) is 0. The highest BCUT2D eigenvalue weighted by Gasteiger charge is 2.38. The zero-order valence-electron chi connectivity index (χ0n) is 13.5. The normalized spacial score (nSPS) is 28.3. The minimum absolute atomic E-state index is 0.233. The zero-order chi connectivity index (χ0) is 14.3. The number of nitrogens with two attached hydrogens (primary N) is 1. The molecule has 0 saturated heterocycles. The van der Waals surface area contributed by atoms with Gasteiger partial charge in [0, 0.05) is 25.2 Å². The number of rotatable bonds is 8. The van der Waals surface area contributed by atoms with Crippen molar-refractivity contribution in [3.05, 3.63) is 0 Å². The Morgan fingerprint density at radius 2 is 1.89 bits per heavy atom. The first kappa shape index (κ1) is 16.9. The number of hydrogen-bond donors (Lipinski definition) is 1. The second-order valence-corrected chi connectivity index (χ2v) is 6.29. The van der Waals surface area contributed by atoms with E-state index in [9.17, 15) is 0 Å². The fraction of sp³-hybridized carbons (Fsp3) is 1.00. The van der Waals surface area contributed by atoms with E-state index in [1.807, 2.05) is 0 Å². The van der Waals surface area contributed by atoms with Gasteiger partial charge < -0.3 is 10.5 Å². The first-order valence-electron chi connectivity index (χ1n) is 8.12. The number of nitrogens with zero attached hydrogens (tertiary/aromatic N) is 1. The molecular formula is C16H34N2O. The van der Waals surface area contributed by atoms with E-state index in [4.69, 9.17) is 10.5 Å². The highest BCUT2D eigenvalue weighted by Crippen LogP contribution is 2.38. The summed E-state index contributed by atoms with van der Waals surface area (Å²) >= 11 is 0. The van der Waals surface area contributed by atoms with Gasteiger partial charge in [-0.15, -0.1) is 0 Å². The Hall–Kier alpha value is -0.120. The molecule has 1 aliphatic rings. The molecule has 2 N–H and O–H groups in total. The summed E-state index contributed by atoms with van der Waals surface area (Å²) in [6, 6.07) is 0. The van der Waals surface area contributed by atoms with Gasteiger partial charge in [-0.1, -0.05) is 20.8 Å². The second kappa shape index (κ2) is 8.23. The monoisotopic (exact) mass is 270 g/mol. The molecule has 114 valence electrons. The molecule has 19 heavy (non-hydrogen) atoms. The van der Waals surface area contributed by atoms with Crippen molar-refractivity contribution in [2.45, 2.75) is 58.9 Å². The predicted molar refractivity (Wildman–Crippen MR) is 82.3 cm³/mol. The molecule has 0 aromatic heterocycles. The SMILES string of the molecule is CCOCCN(CC)C1(CN)CCC(C(C)C)CC1. The average Bonchev–Trinajstić information content (AvgIpc) is 2.43. The highest BCUT2D eigenvalue weighted by molar-refractivity contribution is 4.96. The maximum atomic E-state index is 6.16. The van der Waals surface area contributed by atoms with Crippen molar-refractivity contribution in [3.8, 4) is 0 Å². The molecule has 0 aromatic rings. The Bertz CT molecular complexity index is 235. The molecule has 0 amide bonds. The molecule has 0 heterocycles. The summed E-state index contributed by atoms with van der Waals surface area (Å²) in [5.74, 6) is 1.71. The van der Waals surface area contributed by atoms with Crippen LogP contribution in [0.5, 0.6) is 0 Å². The van der Waals surface area contributed by atoms with Gasteiger partial charge in [-0.25, -0.2) is 0 Å². The van der Waals surface area contributed by atoms with Crippen LogP contribution in [0.2, 0.25) is 0 Å². The molecule has 1 saturated carbocycles. The molecule has 0 spiro atoms. The molecule has 0 unspecified atom stereocenters. The fourth-order valence-corrected chi connectivity index (χ4v) is 3.54. The van der Waals surface area contributed by atoms with E-state index < -0.39 is 0 Å². The van der Waals surface area contributed by atoms with Gasteiger partial charge in [-0.3, -0.25) is 4.90 Å². The van der Waals surface area contributed by atoms with Crippen LogP contribution in [-0.2, 0) is 4.74 Å². The van der Waals surface area contributed by atoms with Crippen LogP contribution in [0.1, 0.15) is 53.4 Å². The Kier molecular flexibility index (Phi) is 7.33. The number of likely N-dealkylation sites (N-methyl/N-ethyl adjacent to an activating group) is 1. The molecule has 0 bridgehead atoms. The van der Waals surface area contributed by atoms with E-state index >= 15 is 0 Å². The van der Waals surface area contributed by atoms with Gasteiger partial charge in [-0.2, -0.15) is 0 Å². The molecule has 0 aliphatic heterocycles. The van der Waals surface area contributed by atoms with Crippen LogP contribution in [0.15, 0.2) is 0 Å². The summed E-state index contributed by atoms with van der Waals surface area (Å²) in [5, 5.41) is 0. The van der Waals surface area contributed by atoms with E-state index in [-0.39, 0.29) is 5.54 Å². The first-order chi connectivity index (χ1) is 9.09. The minimum atomic E-state index is 0.233. The Morgan fingerprint density at radius 1 is 1.26 bits per heavy atom. The minimum Gasteiger partial charge on any atom is -0.380 e. The first-order valence-corrected chi connectivity index (χ1v) is 8.12. The molecule has 0 aromatic carbocycles. The topological polar surface area (TPSA) is 38.5 Å². The Morgan fingerprint density at radius 3 is 2.32 bits per heavy atom. The predicted octanol–water partition coefficient (Wildman–Crippen LogP) is 2.89. The van der Waals surface area contributed by atoms with Gasteiger partial charge in [0.2, 0.25) is 0 Å². The van der Waals surface area contributed by atoms with E-state index in [0.717, 1.165) is 44.7 Å². The second-order valence-electron chi connectivity index (χ2n) is 6.29. The molecule has 0 atom stereocenters. The lowest BCUT2D eigenvalue weighted by Gasteiger charge is -2.48. The van der Waals surface area contributed by atoms with Crippen LogP contribution in [-0.4, -0.2) is 43.3 Å².